The van der Waals surface area contributed by atoms with Crippen molar-refractivity contribution in [3.05, 3.63) is 83.9 Å². The summed E-state index contributed by atoms with van der Waals surface area (Å²) in [4.78, 5) is 38.7. The van der Waals surface area contributed by atoms with Gasteiger partial charge in [0.1, 0.15) is 0 Å². The molecule has 26 heavy (non-hydrogen) atoms. The van der Waals surface area contributed by atoms with Crippen LogP contribution in [0, 0.1) is 17.0 Å². The molecule has 1 atom stereocenters. The molecule has 1 unspecified atom stereocenters. The third kappa shape index (κ3) is 3.55. The van der Waals surface area contributed by atoms with Gasteiger partial charge in [0.15, 0.2) is 0 Å². The van der Waals surface area contributed by atoms with Crippen LogP contribution in [0.15, 0.2) is 46.0 Å². The summed E-state index contributed by atoms with van der Waals surface area (Å²) in [6, 6.07) is 10.7. The number of hydrogen-bond donors (Lipinski definition) is 3. The number of fused-ring (bicyclic) bond motifs is 1. The van der Waals surface area contributed by atoms with E-state index in [4.69, 9.17) is 0 Å². The molecule has 1 heterocycles. The molecular weight excluding hydrogens is 336 g/mol. The minimum atomic E-state index is -0.843. The van der Waals surface area contributed by atoms with Crippen molar-refractivity contribution in [2.75, 3.05) is 0 Å². The lowest BCUT2D eigenvalue weighted by Gasteiger charge is -2.15. The largest absolute Gasteiger partial charge is 0.316 e. The lowest BCUT2D eigenvalue weighted by molar-refractivity contribution is -0.384. The van der Waals surface area contributed by atoms with E-state index >= 15 is 0 Å². The molecule has 0 spiro atoms. The Morgan fingerprint density at radius 1 is 1.12 bits per heavy atom. The fourth-order valence-electron chi connectivity index (χ4n) is 2.76. The maximum Gasteiger partial charge on any atom is 0.314 e. The van der Waals surface area contributed by atoms with Crippen LogP contribution >= 0.6 is 0 Å². The second kappa shape index (κ2) is 6.93. The molecule has 8 nitrogen and oxygen atoms in total. The Labute approximate surface area is 148 Å². The zero-order chi connectivity index (χ0) is 18.8. The number of non-ortho nitro benzene ring substituents is 1. The van der Waals surface area contributed by atoms with Crippen LogP contribution < -0.4 is 16.4 Å². The van der Waals surface area contributed by atoms with E-state index in [9.17, 15) is 19.7 Å². The maximum absolute atomic E-state index is 11.6. The van der Waals surface area contributed by atoms with Crippen LogP contribution in [0.5, 0.6) is 0 Å². The molecule has 0 aliphatic rings. The fourth-order valence-corrected chi connectivity index (χ4v) is 2.76. The molecule has 3 aromatic rings. The molecule has 0 aliphatic heterocycles. The number of hydrogen-bond acceptors (Lipinski definition) is 5. The minimum absolute atomic E-state index is 0.000560. The van der Waals surface area contributed by atoms with Gasteiger partial charge in [0.25, 0.3) is 5.69 Å². The van der Waals surface area contributed by atoms with Crippen LogP contribution in [0.3, 0.4) is 0 Å². The maximum atomic E-state index is 11.6. The van der Waals surface area contributed by atoms with Crippen molar-refractivity contribution >= 4 is 16.7 Å². The summed E-state index contributed by atoms with van der Waals surface area (Å²) in [5.74, 6) is 0. The molecule has 134 valence electrons. The van der Waals surface area contributed by atoms with Gasteiger partial charge in [0, 0.05) is 24.7 Å². The average Bonchev–Trinajstić information content (AvgIpc) is 2.61. The first-order chi connectivity index (χ1) is 12.3. The molecule has 0 saturated carbocycles. The molecule has 3 N–H and O–H groups in total. The number of nitro benzene ring substituents is 1. The molecule has 0 bridgehead atoms. The second-order valence-electron chi connectivity index (χ2n) is 6.21. The first-order valence-corrected chi connectivity index (χ1v) is 8.08. The van der Waals surface area contributed by atoms with Crippen LogP contribution in [-0.4, -0.2) is 14.9 Å². The van der Waals surface area contributed by atoms with E-state index in [0.717, 1.165) is 11.1 Å². The van der Waals surface area contributed by atoms with E-state index < -0.39 is 16.0 Å². The van der Waals surface area contributed by atoms with Crippen LogP contribution in [0.2, 0.25) is 0 Å². The van der Waals surface area contributed by atoms with Gasteiger partial charge in [-0.15, -0.1) is 0 Å². The predicted molar refractivity (Wildman–Crippen MR) is 98.3 cm³/mol. The van der Waals surface area contributed by atoms with Crippen molar-refractivity contribution in [1.82, 2.24) is 15.3 Å². The first kappa shape index (κ1) is 17.6. The lowest BCUT2D eigenvalue weighted by Crippen LogP contribution is -2.29. The number of nitro groups is 1. The highest BCUT2D eigenvalue weighted by Crippen LogP contribution is 2.22. The van der Waals surface area contributed by atoms with E-state index in [1.165, 1.54) is 12.1 Å². The molecule has 3 rings (SSSR count). The van der Waals surface area contributed by atoms with E-state index in [2.05, 4.69) is 15.3 Å². The molecule has 0 amide bonds. The molecule has 8 heteroatoms. The first-order valence-electron chi connectivity index (χ1n) is 8.08. The van der Waals surface area contributed by atoms with Crippen molar-refractivity contribution in [2.24, 2.45) is 0 Å². The van der Waals surface area contributed by atoms with Gasteiger partial charge in [-0.25, -0.2) is 0 Å². The van der Waals surface area contributed by atoms with Crippen molar-refractivity contribution in [2.45, 2.75) is 26.4 Å². The molecular formula is C18H18N4O4. The smallest absolute Gasteiger partial charge is 0.314 e. The van der Waals surface area contributed by atoms with Crippen molar-refractivity contribution < 1.29 is 4.92 Å². The molecule has 0 aliphatic carbocycles. The van der Waals surface area contributed by atoms with E-state index in [1.807, 2.05) is 38.1 Å². The van der Waals surface area contributed by atoms with E-state index in [0.29, 0.717) is 11.1 Å². The van der Waals surface area contributed by atoms with Gasteiger partial charge in [-0.2, -0.15) is 0 Å². The summed E-state index contributed by atoms with van der Waals surface area (Å²) in [6.45, 7) is 4.28. The van der Waals surface area contributed by atoms with Gasteiger partial charge < -0.3 is 15.3 Å². The quantitative estimate of drug-likeness (QED) is 0.369. The second-order valence-corrected chi connectivity index (χ2v) is 6.21. The SMILES string of the molecule is Cc1ccc(C(C)NCc2cc([N+](=O)[O-])cc3[nH]c(=O)c(=O)[nH]c23)cc1. The van der Waals surface area contributed by atoms with Crippen LogP contribution in [0.25, 0.3) is 11.0 Å². The summed E-state index contributed by atoms with van der Waals surface area (Å²) in [5, 5.41) is 14.5. The third-order valence-electron chi connectivity index (χ3n) is 4.28. The summed E-state index contributed by atoms with van der Waals surface area (Å²) in [7, 11) is 0. The monoisotopic (exact) mass is 354 g/mol. The Balaban J connectivity index is 1.96. The number of nitrogens with one attached hydrogen (secondary N) is 3. The highest BCUT2D eigenvalue weighted by Gasteiger charge is 2.15. The Bertz CT molecular complexity index is 1080. The van der Waals surface area contributed by atoms with Gasteiger partial charge in [-0.05, 0) is 25.0 Å². The van der Waals surface area contributed by atoms with Gasteiger partial charge in [0.05, 0.1) is 16.0 Å². The van der Waals surface area contributed by atoms with Crippen LogP contribution in [-0.2, 0) is 6.54 Å². The summed E-state index contributed by atoms with van der Waals surface area (Å²) >= 11 is 0. The highest BCUT2D eigenvalue weighted by atomic mass is 16.6. The predicted octanol–water partition coefficient (Wildman–Crippen LogP) is 2.28. The number of nitrogens with zero attached hydrogens (tertiary/aromatic N) is 1. The highest BCUT2D eigenvalue weighted by molar-refractivity contribution is 5.80. The van der Waals surface area contributed by atoms with Crippen LogP contribution in [0.4, 0.5) is 5.69 Å². The topological polar surface area (TPSA) is 121 Å². The third-order valence-corrected chi connectivity index (χ3v) is 4.28. The number of aromatic nitrogens is 2. The number of rotatable bonds is 5. The number of aryl methyl sites for hydroxylation is 1. The summed E-state index contributed by atoms with van der Waals surface area (Å²) < 4.78 is 0. The molecule has 2 aromatic carbocycles. The van der Waals surface area contributed by atoms with E-state index in [-0.39, 0.29) is 23.8 Å². The van der Waals surface area contributed by atoms with Crippen molar-refractivity contribution in [1.29, 1.82) is 0 Å². The van der Waals surface area contributed by atoms with Crippen LogP contribution in [0.1, 0.15) is 29.7 Å². The molecule has 0 radical (unpaired) electrons. The van der Waals surface area contributed by atoms with Crippen molar-refractivity contribution in [3.63, 3.8) is 0 Å². The van der Waals surface area contributed by atoms with Gasteiger partial charge in [-0.1, -0.05) is 29.8 Å². The average molecular weight is 354 g/mol. The zero-order valence-electron chi connectivity index (χ0n) is 14.3. The molecule has 0 saturated heterocycles. The van der Waals surface area contributed by atoms with Gasteiger partial charge in [-0.3, -0.25) is 19.7 Å². The van der Waals surface area contributed by atoms with Crippen molar-refractivity contribution in [3.8, 4) is 0 Å². The Morgan fingerprint density at radius 2 is 1.77 bits per heavy atom. The van der Waals surface area contributed by atoms with Gasteiger partial charge in [0.2, 0.25) is 0 Å². The normalized spacial score (nSPS) is 12.2. The summed E-state index contributed by atoms with van der Waals surface area (Å²) in [5.41, 5.74) is 1.58. The summed E-state index contributed by atoms with van der Waals surface area (Å²) in [6.07, 6.45) is 0. The molecule has 0 fully saturated rings. The van der Waals surface area contributed by atoms with E-state index in [1.54, 1.807) is 0 Å². The Morgan fingerprint density at radius 3 is 2.42 bits per heavy atom. The standard InChI is InChI=1S/C18H18N4O4/c1-10-3-5-12(6-4-10)11(2)19-9-13-7-14(22(25)26)8-15-16(13)21-18(24)17(23)20-15/h3-8,11,19H,9H2,1-2H3,(H,20,23)(H,21,24). The lowest BCUT2D eigenvalue weighted by atomic mass is 10.1. The Kier molecular flexibility index (Phi) is 4.68. The number of benzene rings is 2. The molecule has 1 aromatic heterocycles. The number of aromatic amines is 2. The minimum Gasteiger partial charge on any atom is -0.316 e. The van der Waals surface area contributed by atoms with Gasteiger partial charge >= 0.3 is 11.1 Å². The number of H-pyrrole nitrogens is 2. The zero-order valence-corrected chi connectivity index (χ0v) is 14.3. The Hall–Kier alpha value is -3.26. The fraction of sp³-hybridized carbons (Fsp3) is 0.222.